The second kappa shape index (κ2) is 8.92. The first kappa shape index (κ1) is 20.5. The number of nitrogen functional groups attached to an aromatic ring is 4. The lowest BCUT2D eigenvalue weighted by atomic mass is 9.93. The molecule has 154 valence electrons. The Labute approximate surface area is 187 Å². The average molecular weight is 415 g/mol. The lowest BCUT2D eigenvalue weighted by Crippen LogP contribution is -2.01. The molecule has 0 spiro atoms. The van der Waals surface area contributed by atoms with Crippen LogP contribution in [0.5, 0.6) is 0 Å². The Hall–Kier alpha value is -4.80. The van der Waals surface area contributed by atoms with E-state index in [0.717, 1.165) is 33.4 Å². The maximum atomic E-state index is 6.15. The molecule has 4 nitrogen and oxygen atoms in total. The summed E-state index contributed by atoms with van der Waals surface area (Å²) in [7, 11) is 0. The molecule has 0 fully saturated rings. The van der Waals surface area contributed by atoms with Crippen molar-refractivity contribution in [1.82, 2.24) is 0 Å². The molecule has 0 aliphatic rings. The maximum Gasteiger partial charge on any atom is 0.0560 e. The van der Waals surface area contributed by atoms with Gasteiger partial charge < -0.3 is 22.9 Å². The highest BCUT2D eigenvalue weighted by molar-refractivity contribution is 5.87. The molecule has 0 heterocycles. The van der Waals surface area contributed by atoms with Crippen LogP contribution in [-0.4, -0.2) is 0 Å². The molecule has 4 aromatic rings. The van der Waals surface area contributed by atoms with E-state index in [0.29, 0.717) is 22.7 Å². The van der Waals surface area contributed by atoms with Crippen LogP contribution < -0.4 is 22.9 Å². The average Bonchev–Trinajstić information content (AvgIpc) is 2.81. The zero-order valence-corrected chi connectivity index (χ0v) is 17.4. The van der Waals surface area contributed by atoms with Gasteiger partial charge in [-0.2, -0.15) is 0 Å². The summed E-state index contributed by atoms with van der Waals surface area (Å²) in [5, 5.41) is 0. The SMILES string of the molecule is Nc1cc(C#Cc2ccccc2)c(-c2cc(N)c(N)cc2C#Cc2ccccc2)cc1N. The zero-order chi connectivity index (χ0) is 22.5. The number of hydrogen-bond donors (Lipinski definition) is 4. The van der Waals surface area contributed by atoms with Gasteiger partial charge >= 0.3 is 0 Å². The van der Waals surface area contributed by atoms with E-state index in [-0.39, 0.29) is 0 Å². The van der Waals surface area contributed by atoms with E-state index >= 15 is 0 Å². The van der Waals surface area contributed by atoms with E-state index in [1.807, 2.05) is 72.8 Å². The molecule has 0 saturated carbocycles. The fraction of sp³-hybridized carbons (Fsp3) is 0. The topological polar surface area (TPSA) is 104 Å². The van der Waals surface area contributed by atoms with Gasteiger partial charge in [0, 0.05) is 33.4 Å². The first-order chi connectivity index (χ1) is 15.5. The third-order valence-electron chi connectivity index (χ3n) is 4.97. The Morgan fingerprint density at radius 3 is 1.12 bits per heavy atom. The van der Waals surface area contributed by atoms with Crippen molar-refractivity contribution in [3.8, 4) is 34.8 Å². The van der Waals surface area contributed by atoms with Crippen molar-refractivity contribution < 1.29 is 0 Å². The molecule has 0 aromatic heterocycles. The van der Waals surface area contributed by atoms with Gasteiger partial charge in [0.1, 0.15) is 0 Å². The fourth-order valence-electron chi connectivity index (χ4n) is 3.24. The summed E-state index contributed by atoms with van der Waals surface area (Å²) in [5.41, 5.74) is 31.2. The number of rotatable bonds is 1. The summed E-state index contributed by atoms with van der Waals surface area (Å²) in [6.45, 7) is 0. The Morgan fingerprint density at radius 2 is 0.750 bits per heavy atom. The van der Waals surface area contributed by atoms with E-state index in [9.17, 15) is 0 Å². The molecule has 4 heteroatoms. The monoisotopic (exact) mass is 414 g/mol. The third kappa shape index (κ3) is 4.51. The Bertz CT molecular complexity index is 1290. The van der Waals surface area contributed by atoms with Crippen molar-refractivity contribution in [2.75, 3.05) is 22.9 Å². The van der Waals surface area contributed by atoms with Gasteiger partial charge in [-0.3, -0.25) is 0 Å². The molecule has 0 aliphatic carbocycles. The standard InChI is InChI=1S/C28H22N4/c29-25-15-21(13-11-19-7-3-1-4-8-19)23(17-27(25)31)24-18-28(32)26(30)16-22(24)14-12-20-9-5-2-6-10-20/h1-10,15-18H,29-32H2. The molecule has 8 N–H and O–H groups in total. The lowest BCUT2D eigenvalue weighted by Gasteiger charge is -2.13. The van der Waals surface area contributed by atoms with Crippen molar-refractivity contribution >= 4 is 22.7 Å². The van der Waals surface area contributed by atoms with Crippen LogP contribution in [0.2, 0.25) is 0 Å². The van der Waals surface area contributed by atoms with Crippen LogP contribution in [0.3, 0.4) is 0 Å². The molecule has 0 amide bonds. The fourth-order valence-corrected chi connectivity index (χ4v) is 3.24. The summed E-state index contributed by atoms with van der Waals surface area (Å²) >= 11 is 0. The predicted molar refractivity (Wildman–Crippen MR) is 134 cm³/mol. The molecule has 32 heavy (non-hydrogen) atoms. The van der Waals surface area contributed by atoms with Crippen LogP contribution >= 0.6 is 0 Å². The highest BCUT2D eigenvalue weighted by atomic mass is 14.7. The molecule has 0 saturated heterocycles. The highest BCUT2D eigenvalue weighted by Gasteiger charge is 2.13. The van der Waals surface area contributed by atoms with Gasteiger partial charge in [-0.15, -0.1) is 0 Å². The van der Waals surface area contributed by atoms with Gasteiger partial charge in [0.25, 0.3) is 0 Å². The molecule has 4 rings (SSSR count). The van der Waals surface area contributed by atoms with Crippen LogP contribution in [-0.2, 0) is 0 Å². The van der Waals surface area contributed by atoms with E-state index in [1.54, 1.807) is 12.1 Å². The van der Waals surface area contributed by atoms with Gasteiger partial charge in [-0.05, 0) is 48.5 Å². The summed E-state index contributed by atoms with van der Waals surface area (Å²) in [4.78, 5) is 0. The second-order valence-corrected chi connectivity index (χ2v) is 7.29. The van der Waals surface area contributed by atoms with E-state index in [4.69, 9.17) is 22.9 Å². The zero-order valence-electron chi connectivity index (χ0n) is 17.4. The Balaban J connectivity index is 1.90. The van der Waals surface area contributed by atoms with Crippen molar-refractivity contribution in [2.45, 2.75) is 0 Å². The van der Waals surface area contributed by atoms with Crippen LogP contribution in [0.25, 0.3) is 11.1 Å². The molecule has 0 unspecified atom stereocenters. The van der Waals surface area contributed by atoms with Gasteiger partial charge in [-0.25, -0.2) is 0 Å². The quantitative estimate of drug-likeness (QED) is 0.272. The summed E-state index contributed by atoms with van der Waals surface area (Å²) in [6, 6.07) is 26.7. The van der Waals surface area contributed by atoms with Gasteiger partial charge in [0.15, 0.2) is 0 Å². The van der Waals surface area contributed by atoms with Crippen molar-refractivity contribution in [3.05, 3.63) is 107 Å². The molecular formula is C28H22N4. The predicted octanol–water partition coefficient (Wildman–Crippen LogP) is 4.48. The summed E-state index contributed by atoms with van der Waals surface area (Å²) < 4.78 is 0. The molecule has 0 atom stereocenters. The minimum atomic E-state index is 0.461. The molecule has 0 bridgehead atoms. The highest BCUT2D eigenvalue weighted by Crippen LogP contribution is 2.35. The van der Waals surface area contributed by atoms with Crippen LogP contribution in [0, 0.1) is 23.7 Å². The van der Waals surface area contributed by atoms with E-state index in [2.05, 4.69) is 23.7 Å². The maximum absolute atomic E-state index is 6.15. The number of hydrogen-bond acceptors (Lipinski definition) is 4. The normalized spacial score (nSPS) is 9.88. The first-order valence-corrected chi connectivity index (χ1v) is 10.0. The lowest BCUT2D eigenvalue weighted by molar-refractivity contribution is 1.54. The minimum Gasteiger partial charge on any atom is -0.397 e. The van der Waals surface area contributed by atoms with E-state index in [1.165, 1.54) is 0 Å². The van der Waals surface area contributed by atoms with Crippen LogP contribution in [0.1, 0.15) is 22.3 Å². The molecule has 0 radical (unpaired) electrons. The van der Waals surface area contributed by atoms with Crippen molar-refractivity contribution in [1.29, 1.82) is 0 Å². The third-order valence-corrected chi connectivity index (χ3v) is 4.97. The van der Waals surface area contributed by atoms with Crippen LogP contribution in [0.4, 0.5) is 22.7 Å². The van der Waals surface area contributed by atoms with E-state index < -0.39 is 0 Å². The minimum absolute atomic E-state index is 0.461. The van der Waals surface area contributed by atoms with Crippen LogP contribution in [0.15, 0.2) is 84.9 Å². The first-order valence-electron chi connectivity index (χ1n) is 10.0. The van der Waals surface area contributed by atoms with Gasteiger partial charge in [-0.1, -0.05) is 60.1 Å². The van der Waals surface area contributed by atoms with Crippen molar-refractivity contribution in [2.24, 2.45) is 0 Å². The summed E-state index contributed by atoms with van der Waals surface area (Å²) in [6.07, 6.45) is 0. The van der Waals surface area contributed by atoms with Crippen molar-refractivity contribution in [3.63, 3.8) is 0 Å². The number of nitrogens with two attached hydrogens (primary N) is 4. The number of benzene rings is 4. The summed E-state index contributed by atoms with van der Waals surface area (Å²) in [5.74, 6) is 12.8. The molecule has 4 aromatic carbocycles. The largest absolute Gasteiger partial charge is 0.397 e. The Morgan fingerprint density at radius 1 is 0.406 bits per heavy atom. The molecular weight excluding hydrogens is 392 g/mol. The smallest absolute Gasteiger partial charge is 0.0560 e. The number of anilines is 4. The van der Waals surface area contributed by atoms with Gasteiger partial charge in [0.05, 0.1) is 22.7 Å². The Kier molecular flexibility index (Phi) is 5.70. The molecule has 0 aliphatic heterocycles. The van der Waals surface area contributed by atoms with Gasteiger partial charge in [0.2, 0.25) is 0 Å². The second-order valence-electron chi connectivity index (χ2n) is 7.29.